The average Bonchev–Trinajstić information content (AvgIpc) is 2.59. The number of carbonyl (C=O) groups excluding carboxylic acids is 1. The normalized spacial score (nSPS) is 32.1. The zero-order valence-electron chi connectivity index (χ0n) is 10.1. The van der Waals surface area contributed by atoms with Crippen molar-refractivity contribution in [2.75, 3.05) is 13.1 Å². The molecule has 0 saturated carbocycles. The van der Waals surface area contributed by atoms with Crippen molar-refractivity contribution in [3.8, 4) is 0 Å². The third kappa shape index (κ3) is 1.89. The van der Waals surface area contributed by atoms with Gasteiger partial charge in [-0.2, -0.15) is 0 Å². The van der Waals surface area contributed by atoms with E-state index in [2.05, 4.69) is 23.6 Å². The second-order valence-corrected chi connectivity index (χ2v) is 5.11. The van der Waals surface area contributed by atoms with Crippen molar-refractivity contribution in [1.82, 2.24) is 9.80 Å². The van der Waals surface area contributed by atoms with E-state index in [1.54, 1.807) is 6.92 Å². The molecule has 2 saturated heterocycles. The lowest BCUT2D eigenvalue weighted by atomic mass is 9.95. The van der Waals surface area contributed by atoms with Gasteiger partial charge in [-0.05, 0) is 39.7 Å². The largest absolute Gasteiger partial charge is 0.338 e. The molecule has 86 valence electrons. The Morgan fingerprint density at radius 2 is 1.93 bits per heavy atom. The van der Waals surface area contributed by atoms with Crippen LogP contribution >= 0.6 is 0 Å². The summed E-state index contributed by atoms with van der Waals surface area (Å²) in [6, 6.07) is 1.74. The first kappa shape index (κ1) is 10.9. The van der Waals surface area contributed by atoms with Crippen molar-refractivity contribution >= 4 is 5.91 Å². The summed E-state index contributed by atoms with van der Waals surface area (Å²) in [5.74, 6) is 0.258. The highest BCUT2D eigenvalue weighted by Crippen LogP contribution is 2.31. The number of rotatable bonds is 1. The molecule has 2 fully saturated rings. The van der Waals surface area contributed by atoms with Crippen molar-refractivity contribution in [2.24, 2.45) is 0 Å². The molecule has 3 heteroatoms. The molecule has 0 bridgehead atoms. The van der Waals surface area contributed by atoms with Crippen LogP contribution in [0.4, 0.5) is 0 Å². The number of hydrogen-bond donors (Lipinski definition) is 0. The van der Waals surface area contributed by atoms with Gasteiger partial charge in [0.2, 0.25) is 5.91 Å². The summed E-state index contributed by atoms with van der Waals surface area (Å²) in [5.41, 5.74) is 0. The molecule has 2 rings (SSSR count). The van der Waals surface area contributed by atoms with E-state index in [0.29, 0.717) is 18.1 Å². The Kier molecular flexibility index (Phi) is 3.01. The molecule has 2 aliphatic rings. The summed E-state index contributed by atoms with van der Waals surface area (Å²) in [5, 5.41) is 0. The number of likely N-dealkylation sites (tertiary alicyclic amines) is 2. The van der Waals surface area contributed by atoms with Gasteiger partial charge < -0.3 is 4.90 Å². The van der Waals surface area contributed by atoms with Crippen LogP contribution in [0.5, 0.6) is 0 Å². The van der Waals surface area contributed by atoms with Crippen LogP contribution in [-0.2, 0) is 4.79 Å². The Morgan fingerprint density at radius 3 is 2.53 bits per heavy atom. The topological polar surface area (TPSA) is 23.6 Å². The van der Waals surface area contributed by atoms with Gasteiger partial charge >= 0.3 is 0 Å². The highest BCUT2D eigenvalue weighted by molar-refractivity contribution is 5.74. The van der Waals surface area contributed by atoms with E-state index < -0.39 is 0 Å². The SMILES string of the molecule is CC(=O)N1CCC2C1CCCN2C(C)C. The number of nitrogens with zero attached hydrogens (tertiary/aromatic N) is 2. The van der Waals surface area contributed by atoms with Crippen molar-refractivity contribution in [2.45, 2.75) is 58.2 Å². The zero-order chi connectivity index (χ0) is 11.0. The lowest BCUT2D eigenvalue weighted by molar-refractivity contribution is -0.130. The molecule has 15 heavy (non-hydrogen) atoms. The first-order valence-corrected chi connectivity index (χ1v) is 6.14. The summed E-state index contributed by atoms with van der Waals surface area (Å²) in [6.07, 6.45) is 3.61. The molecule has 2 unspecified atom stereocenters. The van der Waals surface area contributed by atoms with Gasteiger partial charge in [-0.15, -0.1) is 0 Å². The van der Waals surface area contributed by atoms with Crippen LogP contribution in [0.25, 0.3) is 0 Å². The fourth-order valence-corrected chi connectivity index (χ4v) is 3.25. The Hall–Kier alpha value is -0.570. The fourth-order valence-electron chi connectivity index (χ4n) is 3.25. The minimum Gasteiger partial charge on any atom is -0.338 e. The maximum Gasteiger partial charge on any atom is 0.219 e. The lowest BCUT2D eigenvalue weighted by Crippen LogP contribution is -2.52. The second kappa shape index (κ2) is 4.12. The van der Waals surface area contributed by atoms with E-state index in [9.17, 15) is 4.79 Å². The molecule has 0 spiro atoms. The van der Waals surface area contributed by atoms with Crippen LogP contribution in [-0.4, -0.2) is 46.9 Å². The molecule has 2 heterocycles. The summed E-state index contributed by atoms with van der Waals surface area (Å²) < 4.78 is 0. The van der Waals surface area contributed by atoms with Gasteiger partial charge in [0.05, 0.1) is 0 Å². The average molecular weight is 210 g/mol. The van der Waals surface area contributed by atoms with Crippen LogP contribution in [0.1, 0.15) is 40.0 Å². The number of hydrogen-bond acceptors (Lipinski definition) is 2. The van der Waals surface area contributed by atoms with Gasteiger partial charge in [0.1, 0.15) is 0 Å². The van der Waals surface area contributed by atoms with E-state index in [1.807, 2.05) is 0 Å². The van der Waals surface area contributed by atoms with Crippen molar-refractivity contribution in [3.05, 3.63) is 0 Å². The molecule has 0 aromatic carbocycles. The molecule has 1 amide bonds. The third-order valence-corrected chi connectivity index (χ3v) is 3.92. The van der Waals surface area contributed by atoms with Crippen LogP contribution in [0.15, 0.2) is 0 Å². The molecule has 0 aliphatic carbocycles. The summed E-state index contributed by atoms with van der Waals surface area (Å²) in [7, 11) is 0. The number of carbonyl (C=O) groups is 1. The number of piperidine rings is 1. The fraction of sp³-hybridized carbons (Fsp3) is 0.917. The highest BCUT2D eigenvalue weighted by atomic mass is 16.2. The quantitative estimate of drug-likeness (QED) is 0.654. The molecule has 0 radical (unpaired) electrons. The molecule has 0 aromatic rings. The Labute approximate surface area is 92.4 Å². The molecule has 0 N–H and O–H groups in total. The maximum atomic E-state index is 11.5. The van der Waals surface area contributed by atoms with Crippen molar-refractivity contribution in [3.63, 3.8) is 0 Å². The second-order valence-electron chi connectivity index (χ2n) is 5.11. The van der Waals surface area contributed by atoms with Crippen LogP contribution < -0.4 is 0 Å². The van der Waals surface area contributed by atoms with Gasteiger partial charge in [-0.1, -0.05) is 0 Å². The van der Waals surface area contributed by atoms with Crippen molar-refractivity contribution < 1.29 is 4.79 Å². The minimum absolute atomic E-state index is 0.258. The smallest absolute Gasteiger partial charge is 0.219 e. The molecule has 2 atom stereocenters. The van der Waals surface area contributed by atoms with Crippen LogP contribution in [0, 0.1) is 0 Å². The lowest BCUT2D eigenvalue weighted by Gasteiger charge is -2.41. The van der Waals surface area contributed by atoms with Gasteiger partial charge in [0, 0.05) is 31.6 Å². The number of amides is 1. The van der Waals surface area contributed by atoms with Gasteiger partial charge in [-0.25, -0.2) is 0 Å². The van der Waals surface area contributed by atoms with E-state index in [0.717, 1.165) is 6.54 Å². The first-order valence-electron chi connectivity index (χ1n) is 6.14. The Bertz CT molecular complexity index is 252. The predicted molar refractivity (Wildman–Crippen MR) is 60.7 cm³/mol. The van der Waals surface area contributed by atoms with Crippen LogP contribution in [0.3, 0.4) is 0 Å². The molecular weight excluding hydrogens is 188 g/mol. The first-order chi connectivity index (χ1) is 7.11. The molecule has 2 aliphatic heterocycles. The minimum atomic E-state index is 0.258. The van der Waals surface area contributed by atoms with Gasteiger partial charge in [0.25, 0.3) is 0 Å². The van der Waals surface area contributed by atoms with E-state index >= 15 is 0 Å². The van der Waals surface area contributed by atoms with E-state index in [-0.39, 0.29) is 5.91 Å². The predicted octanol–water partition coefficient (Wildman–Crippen LogP) is 1.48. The Morgan fingerprint density at radius 1 is 1.20 bits per heavy atom. The van der Waals surface area contributed by atoms with Crippen molar-refractivity contribution in [1.29, 1.82) is 0 Å². The maximum absolute atomic E-state index is 11.5. The summed E-state index contributed by atoms with van der Waals surface area (Å²) in [4.78, 5) is 16.1. The van der Waals surface area contributed by atoms with E-state index in [4.69, 9.17) is 0 Å². The van der Waals surface area contributed by atoms with Gasteiger partial charge in [-0.3, -0.25) is 9.69 Å². The monoisotopic (exact) mass is 210 g/mol. The molecule has 0 aromatic heterocycles. The highest BCUT2D eigenvalue weighted by Gasteiger charge is 2.41. The third-order valence-electron chi connectivity index (χ3n) is 3.92. The molecular formula is C12H22N2O. The summed E-state index contributed by atoms with van der Waals surface area (Å²) in [6.45, 7) is 8.41. The van der Waals surface area contributed by atoms with Crippen LogP contribution in [0.2, 0.25) is 0 Å². The van der Waals surface area contributed by atoms with E-state index in [1.165, 1.54) is 25.8 Å². The zero-order valence-corrected chi connectivity index (χ0v) is 10.1. The van der Waals surface area contributed by atoms with Gasteiger partial charge in [0.15, 0.2) is 0 Å². The Balaban J connectivity index is 2.11. The summed E-state index contributed by atoms with van der Waals surface area (Å²) >= 11 is 0. The molecule has 3 nitrogen and oxygen atoms in total. The standard InChI is InChI=1S/C12H22N2O/c1-9(2)13-7-4-5-11-12(13)6-8-14(11)10(3)15/h9,11-12H,4-8H2,1-3H3. The number of fused-ring (bicyclic) bond motifs is 1.